The minimum Gasteiger partial charge on any atom is -0.392 e. The van der Waals surface area contributed by atoms with E-state index in [4.69, 9.17) is 0 Å². The van der Waals surface area contributed by atoms with Crippen LogP contribution in [0.3, 0.4) is 0 Å². The zero-order valence-corrected chi connectivity index (χ0v) is 10.4. The summed E-state index contributed by atoms with van der Waals surface area (Å²) >= 11 is 1.48. The second-order valence-corrected chi connectivity index (χ2v) is 5.43. The third-order valence-electron chi connectivity index (χ3n) is 2.96. The molecule has 2 rings (SSSR count). The summed E-state index contributed by atoms with van der Waals surface area (Å²) in [4.78, 5) is 11.5. The number of nitrogens with zero attached hydrogens (tertiary/aromatic N) is 2. The van der Waals surface area contributed by atoms with E-state index in [9.17, 15) is 9.90 Å². The molecule has 0 saturated heterocycles. The second-order valence-electron chi connectivity index (χ2n) is 4.22. The van der Waals surface area contributed by atoms with Crippen LogP contribution < -0.4 is 5.69 Å². The molecule has 1 aliphatic rings. The SMILES string of the molecule is C=CCn1c(S[C@@H]2CCCC[C@H]2O)n[nH]c1=O. The highest BCUT2D eigenvalue weighted by molar-refractivity contribution is 7.99. The molecule has 0 amide bonds. The van der Waals surface area contributed by atoms with Crippen molar-refractivity contribution in [2.24, 2.45) is 0 Å². The van der Waals surface area contributed by atoms with Crippen LogP contribution in [0, 0.1) is 0 Å². The fraction of sp³-hybridized carbons (Fsp3) is 0.636. The number of allylic oxidation sites excluding steroid dienone is 1. The highest BCUT2D eigenvalue weighted by Gasteiger charge is 2.26. The molecule has 1 fully saturated rings. The number of hydrogen-bond acceptors (Lipinski definition) is 4. The Morgan fingerprint density at radius 3 is 3.06 bits per heavy atom. The summed E-state index contributed by atoms with van der Waals surface area (Å²) in [5, 5.41) is 17.1. The number of hydrogen-bond donors (Lipinski definition) is 2. The van der Waals surface area contributed by atoms with Crippen LogP contribution in [0.2, 0.25) is 0 Å². The monoisotopic (exact) mass is 255 g/mol. The van der Waals surface area contributed by atoms with Crippen LogP contribution >= 0.6 is 11.8 Å². The minimum absolute atomic E-state index is 0.141. The molecular formula is C11H17N3O2S. The van der Waals surface area contributed by atoms with Crippen molar-refractivity contribution in [3.05, 3.63) is 23.1 Å². The third-order valence-corrected chi connectivity index (χ3v) is 4.33. The van der Waals surface area contributed by atoms with Crippen molar-refractivity contribution in [2.45, 2.75) is 48.7 Å². The average Bonchev–Trinajstić information content (AvgIpc) is 2.65. The van der Waals surface area contributed by atoms with Gasteiger partial charge in [-0.3, -0.25) is 4.57 Å². The van der Waals surface area contributed by atoms with Crippen molar-refractivity contribution in [2.75, 3.05) is 0 Å². The van der Waals surface area contributed by atoms with E-state index in [-0.39, 0.29) is 17.0 Å². The average molecular weight is 255 g/mol. The molecule has 6 heteroatoms. The highest BCUT2D eigenvalue weighted by atomic mass is 32.2. The Bertz CT molecular complexity index is 440. The third kappa shape index (κ3) is 2.81. The van der Waals surface area contributed by atoms with E-state index in [1.54, 1.807) is 10.6 Å². The maximum absolute atomic E-state index is 11.5. The molecule has 1 aromatic heterocycles. The van der Waals surface area contributed by atoms with Gasteiger partial charge in [0.15, 0.2) is 5.16 Å². The first-order valence-corrected chi connectivity index (χ1v) is 6.71. The van der Waals surface area contributed by atoms with Gasteiger partial charge in [-0.25, -0.2) is 9.89 Å². The summed E-state index contributed by atoms with van der Waals surface area (Å²) in [5.74, 6) is 0. The summed E-state index contributed by atoms with van der Waals surface area (Å²) in [6, 6.07) is 0. The Morgan fingerprint density at radius 1 is 1.59 bits per heavy atom. The minimum atomic E-state index is -0.294. The lowest BCUT2D eigenvalue weighted by Crippen LogP contribution is -2.27. The van der Waals surface area contributed by atoms with Crippen LogP contribution in [-0.4, -0.2) is 31.2 Å². The number of nitrogens with one attached hydrogen (secondary N) is 1. The number of aromatic amines is 1. The van der Waals surface area contributed by atoms with Crippen molar-refractivity contribution < 1.29 is 5.11 Å². The molecule has 1 aliphatic carbocycles. The zero-order chi connectivity index (χ0) is 12.3. The topological polar surface area (TPSA) is 70.9 Å². The Balaban J connectivity index is 2.12. The Kier molecular flexibility index (Phi) is 4.06. The van der Waals surface area contributed by atoms with Gasteiger partial charge in [0, 0.05) is 11.8 Å². The first kappa shape index (κ1) is 12.4. The summed E-state index contributed by atoms with van der Waals surface area (Å²) < 4.78 is 1.54. The lowest BCUT2D eigenvalue weighted by molar-refractivity contribution is 0.137. The van der Waals surface area contributed by atoms with Gasteiger partial charge in [0.2, 0.25) is 0 Å². The number of aliphatic hydroxyl groups excluding tert-OH is 1. The number of aromatic nitrogens is 3. The number of aliphatic hydroxyl groups is 1. The number of H-pyrrole nitrogens is 1. The molecule has 1 aromatic rings. The molecule has 0 radical (unpaired) electrons. The Morgan fingerprint density at radius 2 is 2.35 bits per heavy atom. The van der Waals surface area contributed by atoms with Crippen LogP contribution in [0.15, 0.2) is 22.6 Å². The summed E-state index contributed by atoms with van der Waals surface area (Å²) in [5.41, 5.74) is -0.224. The molecule has 2 N–H and O–H groups in total. The fourth-order valence-corrected chi connectivity index (χ4v) is 3.26. The van der Waals surface area contributed by atoms with E-state index in [0.29, 0.717) is 11.7 Å². The van der Waals surface area contributed by atoms with E-state index in [2.05, 4.69) is 16.8 Å². The maximum atomic E-state index is 11.5. The molecule has 0 aliphatic heterocycles. The highest BCUT2D eigenvalue weighted by Crippen LogP contribution is 2.32. The van der Waals surface area contributed by atoms with Gasteiger partial charge in [-0.05, 0) is 12.8 Å². The van der Waals surface area contributed by atoms with Crippen molar-refractivity contribution in [1.82, 2.24) is 14.8 Å². The second kappa shape index (κ2) is 5.55. The normalized spacial score (nSPS) is 24.8. The number of rotatable bonds is 4. The van der Waals surface area contributed by atoms with E-state index in [0.717, 1.165) is 25.7 Å². The first-order valence-electron chi connectivity index (χ1n) is 5.83. The van der Waals surface area contributed by atoms with Crippen LogP contribution in [0.1, 0.15) is 25.7 Å². The van der Waals surface area contributed by atoms with Gasteiger partial charge in [0.05, 0.1) is 6.10 Å². The molecule has 2 atom stereocenters. The van der Waals surface area contributed by atoms with E-state index in [1.807, 2.05) is 0 Å². The first-order chi connectivity index (χ1) is 8.22. The zero-order valence-electron chi connectivity index (χ0n) is 9.63. The van der Waals surface area contributed by atoms with Crippen LogP contribution in [0.25, 0.3) is 0 Å². The van der Waals surface area contributed by atoms with Gasteiger partial charge in [0.1, 0.15) is 0 Å². The van der Waals surface area contributed by atoms with Gasteiger partial charge in [0.25, 0.3) is 0 Å². The van der Waals surface area contributed by atoms with Crippen LogP contribution in [0.5, 0.6) is 0 Å². The van der Waals surface area contributed by atoms with Crippen molar-refractivity contribution >= 4 is 11.8 Å². The number of thioether (sulfide) groups is 1. The fourth-order valence-electron chi connectivity index (χ4n) is 2.03. The van der Waals surface area contributed by atoms with E-state index in [1.165, 1.54) is 11.8 Å². The predicted octanol–water partition coefficient (Wildman–Crippen LogP) is 1.15. The van der Waals surface area contributed by atoms with Gasteiger partial charge in [-0.15, -0.1) is 11.7 Å². The lowest BCUT2D eigenvalue weighted by Gasteiger charge is -2.26. The molecular weight excluding hydrogens is 238 g/mol. The quantitative estimate of drug-likeness (QED) is 0.792. The standard InChI is InChI=1S/C11H17N3O2S/c1-2-7-14-10(16)12-13-11(14)17-9-6-4-3-5-8(9)15/h2,8-9,15H,1,3-7H2,(H,12,16)/t8-,9-/m1/s1. The van der Waals surface area contributed by atoms with Crippen LogP contribution in [-0.2, 0) is 6.54 Å². The molecule has 0 bridgehead atoms. The summed E-state index contributed by atoms with van der Waals surface area (Å²) in [6.45, 7) is 4.06. The van der Waals surface area contributed by atoms with E-state index < -0.39 is 0 Å². The van der Waals surface area contributed by atoms with Crippen molar-refractivity contribution in [3.63, 3.8) is 0 Å². The lowest BCUT2D eigenvalue weighted by atomic mass is 9.97. The largest absolute Gasteiger partial charge is 0.392 e. The molecule has 17 heavy (non-hydrogen) atoms. The molecule has 0 aromatic carbocycles. The van der Waals surface area contributed by atoms with Gasteiger partial charge < -0.3 is 5.11 Å². The van der Waals surface area contributed by atoms with Gasteiger partial charge in [-0.2, -0.15) is 0 Å². The Labute approximate surface area is 104 Å². The molecule has 1 heterocycles. The maximum Gasteiger partial charge on any atom is 0.344 e. The smallest absolute Gasteiger partial charge is 0.344 e. The Hall–Kier alpha value is -1.01. The predicted molar refractivity (Wildman–Crippen MR) is 67.2 cm³/mol. The molecule has 0 spiro atoms. The summed E-state index contributed by atoms with van der Waals surface area (Å²) in [7, 11) is 0. The summed E-state index contributed by atoms with van der Waals surface area (Å²) in [6.07, 6.45) is 5.40. The molecule has 1 saturated carbocycles. The van der Waals surface area contributed by atoms with Gasteiger partial charge >= 0.3 is 5.69 Å². The van der Waals surface area contributed by atoms with Crippen molar-refractivity contribution in [1.29, 1.82) is 0 Å². The van der Waals surface area contributed by atoms with E-state index >= 15 is 0 Å². The van der Waals surface area contributed by atoms with Crippen molar-refractivity contribution in [3.8, 4) is 0 Å². The van der Waals surface area contributed by atoms with Gasteiger partial charge in [-0.1, -0.05) is 30.7 Å². The molecule has 94 valence electrons. The van der Waals surface area contributed by atoms with Crippen LogP contribution in [0.4, 0.5) is 0 Å². The molecule has 0 unspecified atom stereocenters. The molecule has 5 nitrogen and oxygen atoms in total.